The average Bonchev–Trinajstić information content (AvgIpc) is 2.60. The Labute approximate surface area is 69.0 Å². The number of hydrogen-bond acceptors (Lipinski definition) is 2. The van der Waals surface area contributed by atoms with Gasteiger partial charge in [0.2, 0.25) is 5.91 Å². The standard InChI is InChI=1S/C8H9NOS/c9-8(10)6-4-5(6)7-2-1-3-11-7/h1-3,5-6H,4H2,(H2,9,10)/t5-,6-/m0/s1. The van der Waals surface area contributed by atoms with Crippen LogP contribution in [0.3, 0.4) is 0 Å². The van der Waals surface area contributed by atoms with Crippen LogP contribution in [0.4, 0.5) is 0 Å². The third kappa shape index (κ3) is 1.16. The molecule has 1 amide bonds. The van der Waals surface area contributed by atoms with Crippen molar-refractivity contribution < 1.29 is 4.79 Å². The molecule has 0 aliphatic heterocycles. The number of nitrogens with two attached hydrogens (primary N) is 1. The van der Waals surface area contributed by atoms with Crippen molar-refractivity contribution in [1.29, 1.82) is 0 Å². The molecular weight excluding hydrogens is 158 g/mol. The summed E-state index contributed by atoms with van der Waals surface area (Å²) < 4.78 is 0. The van der Waals surface area contributed by atoms with Crippen molar-refractivity contribution in [3.63, 3.8) is 0 Å². The fourth-order valence-electron chi connectivity index (χ4n) is 1.33. The second-order valence-corrected chi connectivity index (χ2v) is 3.85. The van der Waals surface area contributed by atoms with Gasteiger partial charge in [-0.25, -0.2) is 0 Å². The zero-order valence-corrected chi connectivity index (χ0v) is 6.80. The van der Waals surface area contributed by atoms with E-state index < -0.39 is 0 Å². The lowest BCUT2D eigenvalue weighted by molar-refractivity contribution is -0.119. The number of primary amides is 1. The molecule has 0 unspecified atom stereocenters. The summed E-state index contributed by atoms with van der Waals surface area (Å²) in [5.41, 5.74) is 5.16. The average molecular weight is 167 g/mol. The molecule has 1 aromatic rings. The van der Waals surface area contributed by atoms with Gasteiger partial charge >= 0.3 is 0 Å². The molecule has 0 spiro atoms. The Morgan fingerprint density at radius 2 is 2.55 bits per heavy atom. The maximum absolute atomic E-state index is 10.7. The Bertz CT molecular complexity index is 268. The van der Waals surface area contributed by atoms with Gasteiger partial charge in [-0.15, -0.1) is 11.3 Å². The third-order valence-corrected chi connectivity index (χ3v) is 3.07. The van der Waals surface area contributed by atoms with E-state index >= 15 is 0 Å². The van der Waals surface area contributed by atoms with Crippen molar-refractivity contribution in [1.82, 2.24) is 0 Å². The highest BCUT2D eigenvalue weighted by Gasteiger charge is 2.43. The third-order valence-electron chi connectivity index (χ3n) is 2.06. The predicted molar refractivity (Wildman–Crippen MR) is 44.4 cm³/mol. The molecule has 11 heavy (non-hydrogen) atoms. The van der Waals surface area contributed by atoms with Gasteiger partial charge < -0.3 is 5.73 Å². The second kappa shape index (κ2) is 2.34. The van der Waals surface area contributed by atoms with E-state index in [1.165, 1.54) is 4.88 Å². The summed E-state index contributed by atoms with van der Waals surface area (Å²) in [5, 5.41) is 2.03. The van der Waals surface area contributed by atoms with E-state index in [9.17, 15) is 4.79 Å². The summed E-state index contributed by atoms with van der Waals surface area (Å²) in [6.45, 7) is 0. The fraction of sp³-hybridized carbons (Fsp3) is 0.375. The maximum atomic E-state index is 10.7. The molecule has 1 fully saturated rings. The summed E-state index contributed by atoms with van der Waals surface area (Å²) in [6.07, 6.45) is 0.954. The Balaban J connectivity index is 2.08. The monoisotopic (exact) mass is 167 g/mol. The molecular formula is C8H9NOS. The van der Waals surface area contributed by atoms with Crippen LogP contribution in [0.2, 0.25) is 0 Å². The van der Waals surface area contributed by atoms with Gasteiger partial charge in [0.25, 0.3) is 0 Å². The minimum absolute atomic E-state index is 0.119. The maximum Gasteiger partial charge on any atom is 0.221 e. The Morgan fingerprint density at radius 3 is 3.00 bits per heavy atom. The second-order valence-electron chi connectivity index (χ2n) is 2.87. The number of carbonyl (C=O) groups is 1. The molecule has 1 aliphatic rings. The lowest BCUT2D eigenvalue weighted by atomic mass is 10.2. The molecule has 0 aromatic carbocycles. The van der Waals surface area contributed by atoms with E-state index in [0.717, 1.165) is 6.42 Å². The predicted octanol–water partition coefficient (Wildman–Crippen LogP) is 1.34. The van der Waals surface area contributed by atoms with E-state index in [0.29, 0.717) is 5.92 Å². The van der Waals surface area contributed by atoms with Crippen molar-refractivity contribution in [3.8, 4) is 0 Å². The summed E-state index contributed by atoms with van der Waals surface area (Å²) >= 11 is 1.71. The molecule has 0 saturated heterocycles. The molecule has 1 aromatic heterocycles. The van der Waals surface area contributed by atoms with E-state index in [-0.39, 0.29) is 11.8 Å². The molecule has 0 bridgehead atoms. The SMILES string of the molecule is NC(=O)[C@H]1C[C@@H]1c1cccs1. The molecule has 1 saturated carbocycles. The van der Waals surface area contributed by atoms with Crippen LogP contribution in [-0.4, -0.2) is 5.91 Å². The zero-order chi connectivity index (χ0) is 7.84. The first-order valence-electron chi connectivity index (χ1n) is 3.62. The van der Waals surface area contributed by atoms with Crippen molar-refractivity contribution in [2.24, 2.45) is 11.7 Å². The Kier molecular flexibility index (Phi) is 1.46. The largest absolute Gasteiger partial charge is 0.369 e. The van der Waals surface area contributed by atoms with Crippen LogP contribution in [0.5, 0.6) is 0 Å². The summed E-state index contributed by atoms with van der Waals surface area (Å²) in [6, 6.07) is 4.08. The summed E-state index contributed by atoms with van der Waals surface area (Å²) in [4.78, 5) is 12.0. The van der Waals surface area contributed by atoms with E-state index in [4.69, 9.17) is 5.73 Å². The van der Waals surface area contributed by atoms with Crippen molar-refractivity contribution in [2.45, 2.75) is 12.3 Å². The topological polar surface area (TPSA) is 43.1 Å². The fourth-order valence-corrected chi connectivity index (χ4v) is 2.23. The van der Waals surface area contributed by atoms with Crippen LogP contribution in [0, 0.1) is 5.92 Å². The van der Waals surface area contributed by atoms with Gasteiger partial charge in [0, 0.05) is 16.7 Å². The zero-order valence-electron chi connectivity index (χ0n) is 5.99. The van der Waals surface area contributed by atoms with Crippen LogP contribution >= 0.6 is 11.3 Å². The molecule has 0 radical (unpaired) electrons. The number of rotatable bonds is 2. The minimum Gasteiger partial charge on any atom is -0.369 e. The van der Waals surface area contributed by atoms with Gasteiger partial charge in [-0.05, 0) is 17.9 Å². The normalized spacial score (nSPS) is 28.4. The Morgan fingerprint density at radius 1 is 1.73 bits per heavy atom. The van der Waals surface area contributed by atoms with E-state index in [1.807, 2.05) is 11.4 Å². The summed E-state index contributed by atoms with van der Waals surface area (Å²) in [7, 11) is 0. The number of hydrogen-bond donors (Lipinski definition) is 1. The van der Waals surface area contributed by atoms with Crippen molar-refractivity contribution >= 4 is 17.2 Å². The Hall–Kier alpha value is -0.830. The first kappa shape index (κ1) is 6.85. The van der Waals surface area contributed by atoms with Crippen molar-refractivity contribution in [2.75, 3.05) is 0 Å². The van der Waals surface area contributed by atoms with Gasteiger partial charge in [0.05, 0.1) is 0 Å². The number of thiophene rings is 1. The molecule has 58 valence electrons. The highest BCUT2D eigenvalue weighted by Crippen LogP contribution is 2.48. The quantitative estimate of drug-likeness (QED) is 0.709. The van der Waals surface area contributed by atoms with Crippen LogP contribution in [-0.2, 0) is 4.79 Å². The smallest absolute Gasteiger partial charge is 0.221 e. The van der Waals surface area contributed by atoms with Crippen LogP contribution in [0.15, 0.2) is 17.5 Å². The van der Waals surface area contributed by atoms with Crippen LogP contribution < -0.4 is 5.73 Å². The molecule has 2 N–H and O–H groups in total. The van der Waals surface area contributed by atoms with Gasteiger partial charge in [0.15, 0.2) is 0 Å². The van der Waals surface area contributed by atoms with Crippen molar-refractivity contribution in [3.05, 3.63) is 22.4 Å². The number of amides is 1. The van der Waals surface area contributed by atoms with Crippen LogP contribution in [0.25, 0.3) is 0 Å². The molecule has 1 heterocycles. The lowest BCUT2D eigenvalue weighted by Gasteiger charge is -1.89. The first-order chi connectivity index (χ1) is 5.29. The number of carbonyl (C=O) groups excluding carboxylic acids is 1. The highest BCUT2D eigenvalue weighted by molar-refractivity contribution is 7.10. The van der Waals surface area contributed by atoms with E-state index in [1.54, 1.807) is 11.3 Å². The molecule has 1 aliphatic carbocycles. The van der Waals surface area contributed by atoms with Gasteiger partial charge in [0.1, 0.15) is 0 Å². The minimum atomic E-state index is -0.150. The van der Waals surface area contributed by atoms with Gasteiger partial charge in [-0.2, -0.15) is 0 Å². The van der Waals surface area contributed by atoms with Gasteiger partial charge in [-0.3, -0.25) is 4.79 Å². The molecule has 2 atom stereocenters. The molecule has 3 heteroatoms. The highest BCUT2D eigenvalue weighted by atomic mass is 32.1. The van der Waals surface area contributed by atoms with E-state index in [2.05, 4.69) is 6.07 Å². The molecule has 2 nitrogen and oxygen atoms in total. The lowest BCUT2D eigenvalue weighted by Crippen LogP contribution is -2.13. The van der Waals surface area contributed by atoms with Gasteiger partial charge in [-0.1, -0.05) is 6.07 Å². The van der Waals surface area contributed by atoms with Crippen LogP contribution in [0.1, 0.15) is 17.2 Å². The molecule has 2 rings (SSSR count). The summed E-state index contributed by atoms with van der Waals surface area (Å²) in [5.74, 6) is 0.407. The first-order valence-corrected chi connectivity index (χ1v) is 4.49.